The van der Waals surface area contributed by atoms with Crippen LogP contribution in [0, 0.1) is 6.92 Å². The van der Waals surface area contributed by atoms with E-state index in [1.807, 2.05) is 37.2 Å². The Labute approximate surface area is 146 Å². The van der Waals surface area contributed by atoms with E-state index in [1.54, 1.807) is 0 Å². The van der Waals surface area contributed by atoms with Crippen LogP contribution in [-0.2, 0) is 0 Å². The first-order valence-electron chi connectivity index (χ1n) is 8.20. The maximum atomic E-state index is 12.8. The number of nitrogens with one attached hydrogen (secondary N) is 1. The molecule has 0 aliphatic carbocycles. The van der Waals surface area contributed by atoms with Crippen LogP contribution < -0.4 is 5.32 Å². The van der Waals surface area contributed by atoms with Crippen LogP contribution >= 0.6 is 11.5 Å². The van der Waals surface area contributed by atoms with E-state index >= 15 is 0 Å². The van der Waals surface area contributed by atoms with Gasteiger partial charge in [-0.15, -0.1) is 0 Å². The normalized spacial score (nSPS) is 16.9. The van der Waals surface area contributed by atoms with Crippen LogP contribution in [0.5, 0.6) is 0 Å². The van der Waals surface area contributed by atoms with E-state index in [-0.39, 0.29) is 11.9 Å². The van der Waals surface area contributed by atoms with E-state index in [4.69, 9.17) is 0 Å². The number of nitrogens with zero attached hydrogens (tertiary/aromatic N) is 4. The van der Waals surface area contributed by atoms with Crippen LogP contribution in [0.4, 0.5) is 5.00 Å². The molecule has 0 aromatic carbocycles. The van der Waals surface area contributed by atoms with Crippen molar-refractivity contribution in [2.75, 3.05) is 38.5 Å². The van der Waals surface area contributed by atoms with Gasteiger partial charge in [-0.05, 0) is 37.5 Å². The summed E-state index contributed by atoms with van der Waals surface area (Å²) in [5, 5.41) is 3.92. The molecule has 0 spiro atoms. The Morgan fingerprint density at radius 2 is 2.04 bits per heavy atom. The molecule has 2 aromatic rings. The molecule has 128 valence electrons. The van der Waals surface area contributed by atoms with Crippen molar-refractivity contribution < 1.29 is 4.79 Å². The molecule has 1 aliphatic heterocycles. The predicted octanol–water partition coefficient (Wildman–Crippen LogP) is 2.41. The smallest absolute Gasteiger partial charge is 0.258 e. The highest BCUT2D eigenvalue weighted by Gasteiger charge is 2.28. The molecule has 0 unspecified atom stereocenters. The number of anilines is 1. The van der Waals surface area contributed by atoms with Crippen LogP contribution in [0.2, 0.25) is 0 Å². The van der Waals surface area contributed by atoms with Crippen LogP contribution in [0.3, 0.4) is 0 Å². The van der Waals surface area contributed by atoms with Crippen molar-refractivity contribution in [2.24, 2.45) is 0 Å². The van der Waals surface area contributed by atoms with Gasteiger partial charge in [0.05, 0.1) is 17.0 Å². The molecule has 1 aliphatic rings. The van der Waals surface area contributed by atoms with Crippen LogP contribution in [0.15, 0.2) is 24.4 Å². The predicted molar refractivity (Wildman–Crippen MR) is 96.5 cm³/mol. The molecule has 0 radical (unpaired) electrons. The summed E-state index contributed by atoms with van der Waals surface area (Å²) < 4.78 is 4.30. The fourth-order valence-corrected chi connectivity index (χ4v) is 3.81. The van der Waals surface area contributed by atoms with Gasteiger partial charge in [0.2, 0.25) is 0 Å². The van der Waals surface area contributed by atoms with Crippen LogP contribution in [-0.4, -0.2) is 58.3 Å². The molecule has 2 aromatic heterocycles. The Morgan fingerprint density at radius 3 is 2.67 bits per heavy atom. The monoisotopic (exact) mass is 345 g/mol. The minimum atomic E-state index is 0.0794. The highest BCUT2D eigenvalue weighted by atomic mass is 32.1. The Hall–Kier alpha value is -1.99. The van der Waals surface area contributed by atoms with Crippen LogP contribution in [0.25, 0.3) is 0 Å². The van der Waals surface area contributed by atoms with Crippen molar-refractivity contribution in [1.29, 1.82) is 0 Å². The molecule has 3 heterocycles. The van der Waals surface area contributed by atoms with E-state index in [1.165, 1.54) is 11.5 Å². The van der Waals surface area contributed by atoms with E-state index in [9.17, 15) is 4.79 Å². The van der Waals surface area contributed by atoms with Crippen molar-refractivity contribution in [3.05, 3.63) is 41.3 Å². The second-order valence-electron chi connectivity index (χ2n) is 5.98. The summed E-state index contributed by atoms with van der Waals surface area (Å²) in [6, 6.07) is 6.27. The maximum absolute atomic E-state index is 12.8. The van der Waals surface area contributed by atoms with Gasteiger partial charge < -0.3 is 10.2 Å². The Bertz CT molecular complexity index is 694. The van der Waals surface area contributed by atoms with Gasteiger partial charge in [0.15, 0.2) is 0 Å². The number of carbonyl (C=O) groups excluding carboxylic acids is 1. The summed E-state index contributed by atoms with van der Waals surface area (Å²) in [5.41, 5.74) is 2.60. The number of rotatable bonds is 4. The topological polar surface area (TPSA) is 61.4 Å². The number of hydrogen-bond acceptors (Lipinski definition) is 6. The van der Waals surface area contributed by atoms with Gasteiger partial charge in [0.1, 0.15) is 5.00 Å². The fourth-order valence-electron chi connectivity index (χ4n) is 3.07. The SMILES string of the molecule is CNc1snc(C)c1C(=O)N1CCN([C@@H](C)c2ccccn2)CC1. The molecule has 0 bridgehead atoms. The van der Waals surface area contributed by atoms with Crippen LogP contribution in [0.1, 0.15) is 34.7 Å². The first-order valence-corrected chi connectivity index (χ1v) is 8.97. The number of aryl methyl sites for hydroxylation is 1. The molecule has 1 amide bonds. The second-order valence-corrected chi connectivity index (χ2v) is 6.75. The molecule has 6 nitrogen and oxygen atoms in total. The number of amides is 1. The summed E-state index contributed by atoms with van der Waals surface area (Å²) >= 11 is 1.34. The van der Waals surface area contributed by atoms with Crippen molar-refractivity contribution in [1.82, 2.24) is 19.2 Å². The van der Waals surface area contributed by atoms with E-state index < -0.39 is 0 Å². The summed E-state index contributed by atoms with van der Waals surface area (Å²) in [6.45, 7) is 7.24. The first kappa shape index (κ1) is 16.9. The Morgan fingerprint density at radius 1 is 1.29 bits per heavy atom. The molecule has 0 saturated carbocycles. The van der Waals surface area contributed by atoms with Gasteiger partial charge in [-0.25, -0.2) is 0 Å². The molecule has 7 heteroatoms. The van der Waals surface area contributed by atoms with Gasteiger partial charge in [0.25, 0.3) is 5.91 Å². The third-order valence-corrected chi connectivity index (χ3v) is 5.52. The number of carbonyl (C=O) groups is 1. The van der Waals surface area contributed by atoms with Crippen molar-refractivity contribution >= 4 is 22.4 Å². The van der Waals surface area contributed by atoms with Crippen molar-refractivity contribution in [2.45, 2.75) is 19.9 Å². The van der Waals surface area contributed by atoms with Gasteiger partial charge in [-0.2, -0.15) is 4.37 Å². The molecule has 1 saturated heterocycles. The first-order chi connectivity index (χ1) is 11.6. The molecule has 1 fully saturated rings. The van der Waals surface area contributed by atoms with Crippen molar-refractivity contribution in [3.8, 4) is 0 Å². The Balaban J connectivity index is 1.65. The van der Waals surface area contributed by atoms with Gasteiger partial charge >= 0.3 is 0 Å². The molecular formula is C17H23N5OS. The molecular weight excluding hydrogens is 322 g/mol. The van der Waals surface area contributed by atoms with Crippen molar-refractivity contribution in [3.63, 3.8) is 0 Å². The zero-order valence-electron chi connectivity index (χ0n) is 14.3. The summed E-state index contributed by atoms with van der Waals surface area (Å²) in [7, 11) is 1.83. The molecule has 1 atom stereocenters. The minimum Gasteiger partial charge on any atom is -0.378 e. The quantitative estimate of drug-likeness (QED) is 0.922. The number of pyridine rings is 1. The van der Waals surface area contributed by atoms with Gasteiger partial charge in [0, 0.05) is 45.5 Å². The van der Waals surface area contributed by atoms with E-state index in [0.717, 1.165) is 42.6 Å². The molecule has 24 heavy (non-hydrogen) atoms. The number of hydrogen-bond donors (Lipinski definition) is 1. The highest BCUT2D eigenvalue weighted by molar-refractivity contribution is 7.10. The number of aromatic nitrogens is 2. The summed E-state index contributed by atoms with van der Waals surface area (Å²) in [5.74, 6) is 0.0794. The molecule has 3 rings (SSSR count). The average Bonchev–Trinajstić information content (AvgIpc) is 3.02. The highest BCUT2D eigenvalue weighted by Crippen LogP contribution is 2.26. The third-order valence-electron chi connectivity index (χ3n) is 4.57. The summed E-state index contributed by atoms with van der Waals surface area (Å²) in [6.07, 6.45) is 1.83. The minimum absolute atomic E-state index is 0.0794. The second kappa shape index (κ2) is 7.27. The fraction of sp³-hybridized carbons (Fsp3) is 0.471. The Kier molecular flexibility index (Phi) is 5.11. The lowest BCUT2D eigenvalue weighted by Gasteiger charge is -2.37. The average molecular weight is 345 g/mol. The largest absolute Gasteiger partial charge is 0.378 e. The molecule has 1 N–H and O–H groups in total. The lowest BCUT2D eigenvalue weighted by atomic mass is 10.1. The van der Waals surface area contributed by atoms with E-state index in [2.05, 4.69) is 32.6 Å². The third kappa shape index (κ3) is 3.27. The standard InChI is InChI=1S/C17H23N5OS/c1-12-15(16(18-3)24-20-12)17(23)22-10-8-21(9-11-22)13(2)14-6-4-5-7-19-14/h4-7,13,18H,8-11H2,1-3H3/t13-/m0/s1. The zero-order chi connectivity index (χ0) is 17.1. The van der Waals surface area contributed by atoms with E-state index in [0.29, 0.717) is 5.56 Å². The summed E-state index contributed by atoms with van der Waals surface area (Å²) in [4.78, 5) is 21.6. The van der Waals surface area contributed by atoms with Gasteiger partial charge in [-0.1, -0.05) is 6.07 Å². The number of piperazine rings is 1. The zero-order valence-corrected chi connectivity index (χ0v) is 15.1. The lowest BCUT2D eigenvalue weighted by Crippen LogP contribution is -2.49. The lowest BCUT2D eigenvalue weighted by molar-refractivity contribution is 0.0579. The van der Waals surface area contributed by atoms with Gasteiger partial charge in [-0.3, -0.25) is 14.7 Å². The maximum Gasteiger partial charge on any atom is 0.258 e.